The summed E-state index contributed by atoms with van der Waals surface area (Å²) in [6, 6.07) is 3.40. The third-order valence-electron chi connectivity index (χ3n) is 2.59. The zero-order valence-corrected chi connectivity index (χ0v) is 11.6. The predicted octanol–water partition coefficient (Wildman–Crippen LogP) is 2.80. The van der Waals surface area contributed by atoms with Crippen LogP contribution in [0.15, 0.2) is 22.8 Å². The number of fused-ring (bicyclic) bond motifs is 3. The lowest BCUT2D eigenvalue weighted by atomic mass is 10.2. The predicted molar refractivity (Wildman–Crippen MR) is 71.3 cm³/mol. The van der Waals surface area contributed by atoms with E-state index in [0.717, 1.165) is 15.6 Å². The van der Waals surface area contributed by atoms with Crippen molar-refractivity contribution in [3.63, 3.8) is 0 Å². The first-order valence-electron chi connectivity index (χ1n) is 4.99. The van der Waals surface area contributed by atoms with Gasteiger partial charge in [0.1, 0.15) is 4.88 Å². The van der Waals surface area contributed by atoms with Crippen LogP contribution in [0.1, 0.15) is 9.67 Å². The number of esters is 1. The van der Waals surface area contributed by atoms with Crippen molar-refractivity contribution >= 4 is 48.8 Å². The molecule has 0 aromatic carbocycles. The minimum atomic E-state index is -0.384. The van der Waals surface area contributed by atoms with E-state index in [1.54, 1.807) is 16.8 Å². The van der Waals surface area contributed by atoms with Crippen molar-refractivity contribution in [3.05, 3.63) is 27.7 Å². The van der Waals surface area contributed by atoms with Crippen LogP contribution in [0.25, 0.3) is 15.6 Å². The van der Waals surface area contributed by atoms with Crippen LogP contribution in [0.4, 0.5) is 0 Å². The number of thiophene rings is 1. The molecule has 3 aromatic heterocycles. The van der Waals surface area contributed by atoms with Crippen LogP contribution in [-0.2, 0) is 4.74 Å². The highest BCUT2D eigenvalue weighted by atomic mass is 79.9. The Morgan fingerprint density at radius 2 is 2.39 bits per heavy atom. The molecular weight excluding hydrogens is 320 g/mol. The summed E-state index contributed by atoms with van der Waals surface area (Å²) in [7, 11) is 1.35. The van der Waals surface area contributed by atoms with Crippen LogP contribution in [0.3, 0.4) is 0 Å². The molecule has 3 aromatic rings. The number of ether oxygens (including phenoxy) is 1. The van der Waals surface area contributed by atoms with Crippen LogP contribution >= 0.6 is 27.3 Å². The smallest absolute Gasteiger partial charge is 0.349 e. The minimum Gasteiger partial charge on any atom is -0.492 e. The van der Waals surface area contributed by atoms with Crippen LogP contribution < -0.4 is 0 Å². The molecule has 3 rings (SSSR count). The maximum atomic E-state index is 11.6. The van der Waals surface area contributed by atoms with Crippen LogP contribution in [0.2, 0.25) is 0 Å². The van der Waals surface area contributed by atoms with Gasteiger partial charge in [0.25, 0.3) is 0 Å². The lowest BCUT2D eigenvalue weighted by Gasteiger charge is -1.96. The molecule has 0 spiro atoms. The molecule has 0 bridgehead atoms. The fraction of sp³-hybridized carbons (Fsp3) is 0.0909. The molecule has 0 aliphatic carbocycles. The minimum absolute atomic E-state index is 0.0554. The third kappa shape index (κ3) is 1.51. The second-order valence-electron chi connectivity index (χ2n) is 3.62. The normalized spacial score (nSPS) is 11.2. The standard InChI is InChI=1S/C11H7BrN2O3S/c1-17-11(16)10-9(12)8-5-4-7(15)13-14(5)3-2-6(8)18-10/h2-4H,1H3,(H,13,15). The molecule has 7 heteroatoms. The van der Waals surface area contributed by atoms with Gasteiger partial charge in [-0.05, 0) is 22.0 Å². The van der Waals surface area contributed by atoms with Gasteiger partial charge >= 0.3 is 5.97 Å². The number of methoxy groups -OCH3 is 1. The van der Waals surface area contributed by atoms with Crippen LogP contribution in [0, 0.1) is 0 Å². The molecule has 0 fully saturated rings. The van der Waals surface area contributed by atoms with E-state index in [1.807, 2.05) is 6.07 Å². The van der Waals surface area contributed by atoms with E-state index >= 15 is 0 Å². The van der Waals surface area contributed by atoms with Crippen molar-refractivity contribution in [3.8, 4) is 5.88 Å². The highest BCUT2D eigenvalue weighted by Crippen LogP contribution is 2.38. The fourth-order valence-corrected chi connectivity index (χ4v) is 3.80. The lowest BCUT2D eigenvalue weighted by molar-refractivity contribution is 0.0605. The second-order valence-corrected chi connectivity index (χ2v) is 5.47. The van der Waals surface area contributed by atoms with Gasteiger partial charge in [-0.25, -0.2) is 9.31 Å². The molecule has 0 aliphatic rings. The van der Waals surface area contributed by atoms with E-state index in [4.69, 9.17) is 4.74 Å². The monoisotopic (exact) mass is 326 g/mol. The SMILES string of the molecule is COC(=O)c1sc2ccn3nc(O)cc3c2c1Br. The zero-order chi connectivity index (χ0) is 12.9. The first-order valence-corrected chi connectivity index (χ1v) is 6.60. The Morgan fingerprint density at radius 3 is 3.11 bits per heavy atom. The van der Waals surface area contributed by atoms with E-state index in [1.165, 1.54) is 18.4 Å². The van der Waals surface area contributed by atoms with E-state index in [-0.39, 0.29) is 11.8 Å². The molecular formula is C11H7BrN2O3S. The van der Waals surface area contributed by atoms with Crippen LogP contribution in [0.5, 0.6) is 5.88 Å². The molecule has 3 heterocycles. The van der Waals surface area contributed by atoms with Gasteiger partial charge in [-0.1, -0.05) is 0 Å². The molecule has 0 radical (unpaired) electrons. The molecule has 0 atom stereocenters. The number of aromatic hydroxyl groups is 1. The highest BCUT2D eigenvalue weighted by molar-refractivity contribution is 9.10. The molecule has 1 N–H and O–H groups in total. The average molecular weight is 327 g/mol. The zero-order valence-electron chi connectivity index (χ0n) is 9.18. The summed E-state index contributed by atoms with van der Waals surface area (Å²) in [5.41, 5.74) is 0.739. The van der Waals surface area contributed by atoms with Gasteiger partial charge in [-0.2, -0.15) is 0 Å². The summed E-state index contributed by atoms with van der Waals surface area (Å²) in [4.78, 5) is 12.1. The lowest BCUT2D eigenvalue weighted by Crippen LogP contribution is -1.98. The van der Waals surface area contributed by atoms with Crippen molar-refractivity contribution in [1.29, 1.82) is 0 Å². The van der Waals surface area contributed by atoms with Crippen molar-refractivity contribution < 1.29 is 14.6 Å². The van der Waals surface area contributed by atoms with Crippen molar-refractivity contribution in [2.24, 2.45) is 0 Å². The topological polar surface area (TPSA) is 63.8 Å². The largest absolute Gasteiger partial charge is 0.492 e. The number of carbonyl (C=O) groups excluding carboxylic acids is 1. The number of hydrogen-bond donors (Lipinski definition) is 1. The number of rotatable bonds is 1. The van der Waals surface area contributed by atoms with Gasteiger partial charge in [0.2, 0.25) is 5.88 Å². The molecule has 0 amide bonds. The van der Waals surface area contributed by atoms with Gasteiger partial charge in [0.15, 0.2) is 0 Å². The Bertz CT molecular complexity index is 777. The highest BCUT2D eigenvalue weighted by Gasteiger charge is 2.19. The summed E-state index contributed by atoms with van der Waals surface area (Å²) in [6.07, 6.45) is 1.74. The second kappa shape index (κ2) is 3.96. The Hall–Kier alpha value is -1.60. The van der Waals surface area contributed by atoms with E-state index in [9.17, 15) is 9.90 Å². The molecule has 5 nitrogen and oxygen atoms in total. The number of hydrogen-bond acceptors (Lipinski definition) is 5. The van der Waals surface area contributed by atoms with Crippen molar-refractivity contribution in [1.82, 2.24) is 9.61 Å². The van der Waals surface area contributed by atoms with E-state index in [0.29, 0.717) is 9.35 Å². The summed E-state index contributed by atoms with van der Waals surface area (Å²) in [6.45, 7) is 0. The number of pyridine rings is 1. The maximum absolute atomic E-state index is 11.6. The Kier molecular flexibility index (Phi) is 2.53. The Morgan fingerprint density at radius 1 is 1.61 bits per heavy atom. The number of aromatic nitrogens is 2. The quantitative estimate of drug-likeness (QED) is 0.698. The molecule has 0 unspecified atom stereocenters. The van der Waals surface area contributed by atoms with E-state index in [2.05, 4.69) is 21.0 Å². The van der Waals surface area contributed by atoms with Gasteiger partial charge in [-0.15, -0.1) is 16.4 Å². The average Bonchev–Trinajstić information content (AvgIpc) is 2.88. The maximum Gasteiger partial charge on any atom is 0.349 e. The third-order valence-corrected chi connectivity index (χ3v) is 4.78. The van der Waals surface area contributed by atoms with Crippen molar-refractivity contribution in [2.45, 2.75) is 0 Å². The van der Waals surface area contributed by atoms with Gasteiger partial charge in [0.05, 0.1) is 17.1 Å². The van der Waals surface area contributed by atoms with Crippen molar-refractivity contribution in [2.75, 3.05) is 7.11 Å². The van der Waals surface area contributed by atoms with E-state index < -0.39 is 0 Å². The first kappa shape index (κ1) is 11.5. The summed E-state index contributed by atoms with van der Waals surface area (Å²) in [5, 5.41) is 14.2. The molecule has 92 valence electrons. The van der Waals surface area contributed by atoms with Gasteiger partial charge in [0, 0.05) is 22.3 Å². The fourth-order valence-electron chi connectivity index (χ4n) is 1.83. The summed E-state index contributed by atoms with van der Waals surface area (Å²) in [5.74, 6) is -0.440. The molecule has 0 aliphatic heterocycles. The van der Waals surface area contributed by atoms with Gasteiger partial charge < -0.3 is 9.84 Å². The number of nitrogens with zero attached hydrogens (tertiary/aromatic N) is 2. The Labute approximate surface area is 114 Å². The summed E-state index contributed by atoms with van der Waals surface area (Å²) >= 11 is 4.75. The first-order chi connectivity index (χ1) is 8.61. The number of carbonyl (C=O) groups is 1. The molecule has 0 saturated heterocycles. The molecule has 0 saturated carbocycles. The molecule has 18 heavy (non-hydrogen) atoms. The Balaban J connectivity index is 2.43. The number of halogens is 1. The van der Waals surface area contributed by atoms with Crippen LogP contribution in [-0.4, -0.2) is 27.8 Å². The van der Waals surface area contributed by atoms with Gasteiger partial charge in [-0.3, -0.25) is 0 Å². The summed E-state index contributed by atoms with van der Waals surface area (Å²) < 4.78 is 7.89.